The molecule has 1 aromatic rings. The molecule has 1 aromatic heterocycles. The SMILES string of the molecule is CN=C(NCCCc1cnn(C)c1)N1CCC(COC)C1. The molecular weight excluding hydrogens is 266 g/mol. The summed E-state index contributed by atoms with van der Waals surface area (Å²) in [5, 5.41) is 7.65. The summed E-state index contributed by atoms with van der Waals surface area (Å²) >= 11 is 0. The highest BCUT2D eigenvalue weighted by atomic mass is 16.5. The lowest BCUT2D eigenvalue weighted by atomic mass is 10.1. The van der Waals surface area contributed by atoms with Gasteiger partial charge in [-0.15, -0.1) is 0 Å². The summed E-state index contributed by atoms with van der Waals surface area (Å²) in [6.45, 7) is 3.88. The van der Waals surface area contributed by atoms with Crippen LogP contribution in [0.25, 0.3) is 0 Å². The Labute approximate surface area is 127 Å². The second kappa shape index (κ2) is 8.02. The lowest BCUT2D eigenvalue weighted by Crippen LogP contribution is -2.40. The normalized spacial score (nSPS) is 19.3. The monoisotopic (exact) mass is 293 g/mol. The molecule has 0 radical (unpaired) electrons. The van der Waals surface area contributed by atoms with E-state index in [-0.39, 0.29) is 0 Å². The number of nitrogens with one attached hydrogen (secondary N) is 1. The largest absolute Gasteiger partial charge is 0.384 e. The van der Waals surface area contributed by atoms with Gasteiger partial charge < -0.3 is 15.0 Å². The van der Waals surface area contributed by atoms with Crippen molar-refractivity contribution in [3.8, 4) is 0 Å². The van der Waals surface area contributed by atoms with Gasteiger partial charge in [-0.05, 0) is 24.8 Å². The first-order valence-electron chi connectivity index (χ1n) is 7.65. The fraction of sp³-hybridized carbons (Fsp3) is 0.733. The maximum absolute atomic E-state index is 5.24. The summed E-state index contributed by atoms with van der Waals surface area (Å²) in [6.07, 6.45) is 7.32. The molecule has 1 aliphatic rings. The van der Waals surface area contributed by atoms with Crippen LogP contribution in [0.5, 0.6) is 0 Å². The highest BCUT2D eigenvalue weighted by Gasteiger charge is 2.24. The Kier molecular flexibility index (Phi) is 6.04. The van der Waals surface area contributed by atoms with E-state index in [4.69, 9.17) is 4.74 Å². The molecule has 118 valence electrons. The summed E-state index contributed by atoms with van der Waals surface area (Å²) in [5.41, 5.74) is 1.29. The van der Waals surface area contributed by atoms with Gasteiger partial charge in [-0.3, -0.25) is 9.67 Å². The van der Waals surface area contributed by atoms with Gasteiger partial charge in [-0.25, -0.2) is 0 Å². The van der Waals surface area contributed by atoms with Crippen molar-refractivity contribution in [1.82, 2.24) is 20.0 Å². The van der Waals surface area contributed by atoms with Crippen molar-refractivity contribution in [2.45, 2.75) is 19.3 Å². The van der Waals surface area contributed by atoms with Crippen molar-refractivity contribution < 1.29 is 4.74 Å². The summed E-state index contributed by atoms with van der Waals surface area (Å²) in [7, 11) is 5.58. The number of aromatic nitrogens is 2. The zero-order chi connectivity index (χ0) is 15.1. The molecule has 2 heterocycles. The Bertz CT molecular complexity index is 457. The molecule has 2 rings (SSSR count). The average molecular weight is 293 g/mol. The number of aliphatic imine (C=N–C) groups is 1. The standard InChI is InChI=1S/C15H27N5O/c1-16-15(20-8-6-14(11-20)12-21-3)17-7-4-5-13-9-18-19(2)10-13/h9-10,14H,4-8,11-12H2,1-3H3,(H,16,17). The van der Waals surface area contributed by atoms with Crippen molar-refractivity contribution in [1.29, 1.82) is 0 Å². The second-order valence-electron chi connectivity index (χ2n) is 5.66. The van der Waals surface area contributed by atoms with Crippen LogP contribution in [0.1, 0.15) is 18.4 Å². The van der Waals surface area contributed by atoms with Crippen molar-refractivity contribution in [2.75, 3.05) is 40.4 Å². The third-order valence-corrected chi connectivity index (χ3v) is 3.88. The molecule has 1 fully saturated rings. The van der Waals surface area contributed by atoms with Crippen molar-refractivity contribution in [3.63, 3.8) is 0 Å². The smallest absolute Gasteiger partial charge is 0.193 e. The van der Waals surface area contributed by atoms with Gasteiger partial charge in [0.2, 0.25) is 0 Å². The van der Waals surface area contributed by atoms with Crippen LogP contribution < -0.4 is 5.32 Å². The van der Waals surface area contributed by atoms with Gasteiger partial charge in [0.1, 0.15) is 0 Å². The van der Waals surface area contributed by atoms with Gasteiger partial charge in [0.15, 0.2) is 5.96 Å². The zero-order valence-corrected chi connectivity index (χ0v) is 13.4. The first-order chi connectivity index (χ1) is 10.2. The number of guanidine groups is 1. The van der Waals surface area contributed by atoms with Crippen molar-refractivity contribution in [3.05, 3.63) is 18.0 Å². The minimum atomic E-state index is 0.629. The highest BCUT2D eigenvalue weighted by molar-refractivity contribution is 5.80. The third kappa shape index (κ3) is 4.74. The zero-order valence-electron chi connectivity index (χ0n) is 13.4. The van der Waals surface area contributed by atoms with Crippen molar-refractivity contribution >= 4 is 5.96 Å². The van der Waals surface area contributed by atoms with E-state index in [2.05, 4.69) is 26.5 Å². The molecule has 1 unspecified atom stereocenters. The van der Waals surface area contributed by atoms with E-state index in [1.54, 1.807) is 7.11 Å². The van der Waals surface area contributed by atoms with E-state index in [1.807, 2.05) is 25.0 Å². The van der Waals surface area contributed by atoms with Crippen LogP contribution in [0.4, 0.5) is 0 Å². The minimum Gasteiger partial charge on any atom is -0.384 e. The lowest BCUT2D eigenvalue weighted by molar-refractivity contribution is 0.157. The molecule has 6 heteroatoms. The Morgan fingerprint density at radius 1 is 1.57 bits per heavy atom. The number of hydrogen-bond donors (Lipinski definition) is 1. The molecule has 1 N–H and O–H groups in total. The molecule has 1 saturated heterocycles. The first-order valence-corrected chi connectivity index (χ1v) is 7.65. The Hall–Kier alpha value is -1.56. The fourth-order valence-electron chi connectivity index (χ4n) is 2.82. The third-order valence-electron chi connectivity index (χ3n) is 3.88. The van der Waals surface area contributed by atoms with Gasteiger partial charge in [0.05, 0.1) is 12.8 Å². The number of nitrogens with zero attached hydrogens (tertiary/aromatic N) is 4. The van der Waals surface area contributed by atoms with E-state index < -0.39 is 0 Å². The van der Waals surface area contributed by atoms with Gasteiger partial charge in [0.25, 0.3) is 0 Å². The molecule has 21 heavy (non-hydrogen) atoms. The fourth-order valence-corrected chi connectivity index (χ4v) is 2.82. The van der Waals surface area contributed by atoms with E-state index in [0.717, 1.165) is 45.0 Å². The summed E-state index contributed by atoms with van der Waals surface area (Å²) in [6, 6.07) is 0. The average Bonchev–Trinajstić information content (AvgIpc) is 3.09. The molecule has 0 bridgehead atoms. The maximum atomic E-state index is 5.24. The Morgan fingerprint density at radius 2 is 2.43 bits per heavy atom. The van der Waals surface area contributed by atoms with Crippen LogP contribution >= 0.6 is 0 Å². The summed E-state index contributed by atoms with van der Waals surface area (Å²) < 4.78 is 7.09. The van der Waals surface area contributed by atoms with Gasteiger partial charge in [0, 0.05) is 53.0 Å². The predicted molar refractivity (Wildman–Crippen MR) is 84.4 cm³/mol. The van der Waals surface area contributed by atoms with Crippen molar-refractivity contribution in [2.24, 2.45) is 18.0 Å². The number of hydrogen-bond acceptors (Lipinski definition) is 3. The number of methoxy groups -OCH3 is 1. The molecule has 0 saturated carbocycles. The molecule has 0 spiro atoms. The molecule has 0 aliphatic carbocycles. The maximum Gasteiger partial charge on any atom is 0.193 e. The van der Waals surface area contributed by atoms with E-state index in [1.165, 1.54) is 12.0 Å². The minimum absolute atomic E-state index is 0.629. The lowest BCUT2D eigenvalue weighted by Gasteiger charge is -2.21. The number of likely N-dealkylation sites (tertiary alicyclic amines) is 1. The Balaban J connectivity index is 1.68. The molecular formula is C15H27N5O. The van der Waals surface area contributed by atoms with E-state index in [0.29, 0.717) is 5.92 Å². The number of rotatable bonds is 6. The topological polar surface area (TPSA) is 54.7 Å². The van der Waals surface area contributed by atoms with Crippen LogP contribution in [0.15, 0.2) is 17.4 Å². The van der Waals surface area contributed by atoms with E-state index in [9.17, 15) is 0 Å². The quantitative estimate of drug-likeness (QED) is 0.481. The molecule has 0 aromatic carbocycles. The van der Waals surface area contributed by atoms with Gasteiger partial charge >= 0.3 is 0 Å². The van der Waals surface area contributed by atoms with E-state index >= 15 is 0 Å². The van der Waals surface area contributed by atoms with Gasteiger partial charge in [-0.2, -0.15) is 5.10 Å². The van der Waals surface area contributed by atoms with Crippen LogP contribution in [0.2, 0.25) is 0 Å². The second-order valence-corrected chi connectivity index (χ2v) is 5.66. The van der Waals surface area contributed by atoms with Crippen LogP contribution in [0, 0.1) is 5.92 Å². The molecule has 1 atom stereocenters. The van der Waals surface area contributed by atoms with Crippen LogP contribution in [-0.2, 0) is 18.2 Å². The molecule has 0 amide bonds. The van der Waals surface area contributed by atoms with Crippen LogP contribution in [-0.4, -0.2) is 61.0 Å². The summed E-state index contributed by atoms with van der Waals surface area (Å²) in [5.74, 6) is 1.64. The van der Waals surface area contributed by atoms with Crippen LogP contribution in [0.3, 0.4) is 0 Å². The summed E-state index contributed by atoms with van der Waals surface area (Å²) in [4.78, 5) is 6.71. The number of aryl methyl sites for hydroxylation is 2. The van der Waals surface area contributed by atoms with Gasteiger partial charge in [-0.1, -0.05) is 0 Å². The Morgan fingerprint density at radius 3 is 3.10 bits per heavy atom. The predicted octanol–water partition coefficient (Wildman–Crippen LogP) is 0.896. The molecule has 6 nitrogen and oxygen atoms in total. The first kappa shape index (κ1) is 15.8. The highest BCUT2D eigenvalue weighted by Crippen LogP contribution is 2.16. The molecule has 1 aliphatic heterocycles. The number of ether oxygens (including phenoxy) is 1.